The van der Waals surface area contributed by atoms with Crippen LogP contribution in [0.4, 0.5) is 0 Å². The molecule has 5 nitrogen and oxygen atoms in total. The fraction of sp³-hybridized carbons (Fsp3) is 0.769. The first-order chi connectivity index (χ1) is 8.84. The summed E-state index contributed by atoms with van der Waals surface area (Å²) < 4.78 is 13.7. The van der Waals surface area contributed by atoms with Crippen LogP contribution in [-0.4, -0.2) is 41.5 Å². The van der Waals surface area contributed by atoms with Gasteiger partial charge in [-0.25, -0.2) is 4.98 Å². The van der Waals surface area contributed by atoms with Crippen molar-refractivity contribution in [2.24, 2.45) is 0 Å². The van der Waals surface area contributed by atoms with E-state index in [1.165, 1.54) is 0 Å². The van der Waals surface area contributed by atoms with Crippen LogP contribution in [0.15, 0.2) is 12.5 Å². The number of aryl methyl sites for hydroxylation is 1. The first kappa shape index (κ1) is 12.1. The lowest BCUT2D eigenvalue weighted by atomic mass is 9.83. The molecule has 3 rings (SSSR count). The van der Waals surface area contributed by atoms with Gasteiger partial charge in [-0.3, -0.25) is 0 Å². The average molecular weight is 251 g/mol. The monoisotopic (exact) mass is 251 g/mol. The first-order valence-corrected chi connectivity index (χ1v) is 6.81. The van der Waals surface area contributed by atoms with Crippen LogP contribution in [0.2, 0.25) is 0 Å². The largest absolute Gasteiger partial charge is 0.381 e. The number of nitrogens with one attached hydrogen (secondary N) is 1. The minimum absolute atomic E-state index is 0.122. The van der Waals surface area contributed by atoms with Crippen molar-refractivity contribution in [3.05, 3.63) is 18.2 Å². The third kappa shape index (κ3) is 2.06. The molecule has 5 heteroatoms. The number of hydrogen-bond acceptors (Lipinski definition) is 4. The van der Waals surface area contributed by atoms with Gasteiger partial charge in [-0.1, -0.05) is 0 Å². The molecular formula is C13H21N3O2. The smallest absolute Gasteiger partial charge is 0.0950 e. The van der Waals surface area contributed by atoms with Gasteiger partial charge >= 0.3 is 0 Å². The zero-order valence-electron chi connectivity index (χ0n) is 10.9. The minimum Gasteiger partial charge on any atom is -0.381 e. The Morgan fingerprint density at radius 1 is 1.44 bits per heavy atom. The van der Waals surface area contributed by atoms with E-state index in [0.29, 0.717) is 0 Å². The number of rotatable bonds is 2. The molecule has 2 fully saturated rings. The molecule has 2 saturated heterocycles. The van der Waals surface area contributed by atoms with E-state index in [2.05, 4.69) is 28.0 Å². The summed E-state index contributed by atoms with van der Waals surface area (Å²) >= 11 is 0. The van der Waals surface area contributed by atoms with E-state index < -0.39 is 0 Å². The van der Waals surface area contributed by atoms with E-state index in [0.717, 1.165) is 51.4 Å². The van der Waals surface area contributed by atoms with Crippen molar-refractivity contribution in [3.8, 4) is 0 Å². The molecule has 100 valence electrons. The van der Waals surface area contributed by atoms with Crippen molar-refractivity contribution in [3.63, 3.8) is 0 Å². The van der Waals surface area contributed by atoms with Crippen LogP contribution in [0.25, 0.3) is 0 Å². The standard InChI is InChI=1S/C13H21N3O2/c1-2-16-9-11(15-10-16)12-13(18-8-5-14-12)3-6-17-7-4-13/h9-10,12,14H,2-8H2,1H3. The molecule has 0 radical (unpaired) electrons. The van der Waals surface area contributed by atoms with Crippen molar-refractivity contribution >= 4 is 0 Å². The summed E-state index contributed by atoms with van der Waals surface area (Å²) in [7, 11) is 0. The first-order valence-electron chi connectivity index (χ1n) is 6.81. The molecule has 0 amide bonds. The third-order valence-corrected chi connectivity index (χ3v) is 4.02. The summed E-state index contributed by atoms with van der Waals surface area (Å²) in [6.07, 6.45) is 5.93. The number of aromatic nitrogens is 2. The van der Waals surface area contributed by atoms with Crippen LogP contribution in [0.5, 0.6) is 0 Å². The lowest BCUT2D eigenvalue weighted by Crippen LogP contribution is -2.55. The van der Waals surface area contributed by atoms with E-state index in [4.69, 9.17) is 9.47 Å². The van der Waals surface area contributed by atoms with Crippen LogP contribution in [-0.2, 0) is 16.0 Å². The van der Waals surface area contributed by atoms with Crippen molar-refractivity contribution < 1.29 is 9.47 Å². The number of imidazole rings is 1. The van der Waals surface area contributed by atoms with Gasteiger partial charge in [0, 0.05) is 45.3 Å². The van der Waals surface area contributed by atoms with E-state index in [1.807, 2.05) is 6.33 Å². The molecule has 18 heavy (non-hydrogen) atoms. The summed E-state index contributed by atoms with van der Waals surface area (Å²) in [5, 5.41) is 3.58. The average Bonchev–Trinajstić information content (AvgIpc) is 2.89. The maximum absolute atomic E-state index is 6.12. The van der Waals surface area contributed by atoms with Crippen molar-refractivity contribution in [1.82, 2.24) is 14.9 Å². The van der Waals surface area contributed by atoms with Gasteiger partial charge in [0.15, 0.2) is 0 Å². The molecule has 0 aromatic carbocycles. The van der Waals surface area contributed by atoms with Crippen LogP contribution in [0.1, 0.15) is 31.5 Å². The Hall–Kier alpha value is -0.910. The van der Waals surface area contributed by atoms with Gasteiger partial charge in [-0.05, 0) is 6.92 Å². The zero-order valence-corrected chi connectivity index (χ0v) is 10.9. The van der Waals surface area contributed by atoms with E-state index in [1.54, 1.807) is 0 Å². The summed E-state index contributed by atoms with van der Waals surface area (Å²) in [5.41, 5.74) is 0.974. The Kier molecular flexibility index (Phi) is 3.37. The molecule has 3 heterocycles. The number of hydrogen-bond donors (Lipinski definition) is 1. The summed E-state index contributed by atoms with van der Waals surface area (Å²) in [5.74, 6) is 0. The van der Waals surface area contributed by atoms with E-state index in [9.17, 15) is 0 Å². The second kappa shape index (κ2) is 4.99. The van der Waals surface area contributed by atoms with Crippen LogP contribution >= 0.6 is 0 Å². The fourth-order valence-corrected chi connectivity index (χ4v) is 2.95. The highest BCUT2D eigenvalue weighted by Gasteiger charge is 2.45. The van der Waals surface area contributed by atoms with Crippen LogP contribution < -0.4 is 5.32 Å². The van der Waals surface area contributed by atoms with Gasteiger partial charge in [0.25, 0.3) is 0 Å². The molecule has 2 aliphatic rings. The molecule has 1 N–H and O–H groups in total. The second-order valence-electron chi connectivity index (χ2n) is 5.04. The van der Waals surface area contributed by atoms with Gasteiger partial charge in [0.05, 0.1) is 30.3 Å². The molecule has 2 aliphatic heterocycles. The van der Waals surface area contributed by atoms with Crippen molar-refractivity contribution in [2.45, 2.75) is 38.0 Å². The minimum atomic E-state index is -0.122. The maximum Gasteiger partial charge on any atom is 0.0950 e. The maximum atomic E-state index is 6.12. The van der Waals surface area contributed by atoms with E-state index >= 15 is 0 Å². The molecule has 1 aromatic heterocycles. The Bertz CT molecular complexity index is 390. The topological polar surface area (TPSA) is 48.3 Å². The Morgan fingerprint density at radius 3 is 3.00 bits per heavy atom. The highest BCUT2D eigenvalue weighted by Crippen LogP contribution is 2.38. The molecular weight excluding hydrogens is 230 g/mol. The van der Waals surface area contributed by atoms with Crippen LogP contribution in [0.3, 0.4) is 0 Å². The highest BCUT2D eigenvalue weighted by molar-refractivity contribution is 5.13. The van der Waals surface area contributed by atoms with Crippen molar-refractivity contribution in [1.29, 1.82) is 0 Å². The Labute approximate surface area is 107 Å². The summed E-state index contributed by atoms with van der Waals surface area (Å²) in [6, 6.07) is 0.197. The lowest BCUT2D eigenvalue weighted by Gasteiger charge is -2.46. The molecule has 1 atom stereocenters. The molecule has 1 spiro atoms. The fourth-order valence-electron chi connectivity index (χ4n) is 2.95. The third-order valence-electron chi connectivity index (χ3n) is 4.02. The summed E-state index contributed by atoms with van der Waals surface area (Å²) in [6.45, 7) is 6.33. The second-order valence-corrected chi connectivity index (χ2v) is 5.04. The predicted octanol–water partition coefficient (Wildman–Crippen LogP) is 1.11. The molecule has 0 bridgehead atoms. The number of nitrogens with zero attached hydrogens (tertiary/aromatic N) is 2. The zero-order chi connectivity index (χ0) is 12.4. The van der Waals surface area contributed by atoms with Gasteiger partial charge < -0.3 is 19.4 Å². The quantitative estimate of drug-likeness (QED) is 0.855. The predicted molar refractivity (Wildman–Crippen MR) is 67.4 cm³/mol. The van der Waals surface area contributed by atoms with Crippen LogP contribution in [0, 0.1) is 0 Å². The molecule has 0 saturated carbocycles. The SMILES string of the molecule is CCn1cnc(C2NCCOC23CCOCC3)c1. The van der Waals surface area contributed by atoms with Gasteiger partial charge in [0.1, 0.15) is 0 Å². The lowest BCUT2D eigenvalue weighted by molar-refractivity contribution is -0.150. The van der Waals surface area contributed by atoms with Crippen molar-refractivity contribution in [2.75, 3.05) is 26.4 Å². The Balaban J connectivity index is 1.86. The molecule has 1 unspecified atom stereocenters. The van der Waals surface area contributed by atoms with Gasteiger partial charge in [0.2, 0.25) is 0 Å². The highest BCUT2D eigenvalue weighted by atomic mass is 16.5. The number of ether oxygens (including phenoxy) is 2. The van der Waals surface area contributed by atoms with Gasteiger partial charge in [-0.2, -0.15) is 0 Å². The van der Waals surface area contributed by atoms with Gasteiger partial charge in [-0.15, -0.1) is 0 Å². The Morgan fingerprint density at radius 2 is 2.28 bits per heavy atom. The normalized spacial score (nSPS) is 27.5. The molecule has 0 aliphatic carbocycles. The van der Waals surface area contributed by atoms with E-state index in [-0.39, 0.29) is 11.6 Å². The number of morpholine rings is 1. The summed E-state index contributed by atoms with van der Waals surface area (Å²) in [4.78, 5) is 4.54. The molecule has 1 aromatic rings.